The lowest BCUT2D eigenvalue weighted by atomic mass is 10.2. The normalized spacial score (nSPS) is 12.7. The van der Waals surface area contributed by atoms with Crippen LogP contribution in [0.2, 0.25) is 0 Å². The van der Waals surface area contributed by atoms with Crippen LogP contribution in [-0.2, 0) is 12.9 Å². The van der Waals surface area contributed by atoms with E-state index in [9.17, 15) is 30.7 Å². The van der Waals surface area contributed by atoms with E-state index in [1.165, 1.54) is 22.6 Å². The number of alkyl halides is 7. The Morgan fingerprint density at radius 3 is 2.11 bits per heavy atom. The van der Waals surface area contributed by atoms with Crippen LogP contribution in [0.25, 0.3) is 0 Å². The Hall–Kier alpha value is -0.810. The second-order valence-corrected chi connectivity index (χ2v) is 4.10. The Balaban J connectivity index is 3.40. The number of hydrogen-bond acceptors (Lipinski definition) is 2. The molecular weight excluding hydrogens is 386 g/mol. The molecule has 0 aromatic carbocycles. The van der Waals surface area contributed by atoms with Crippen LogP contribution in [0.1, 0.15) is 11.3 Å². The van der Waals surface area contributed by atoms with Gasteiger partial charge in [0.2, 0.25) is 0 Å². The molecule has 1 aromatic heterocycles. The van der Waals surface area contributed by atoms with Gasteiger partial charge in [0.1, 0.15) is 6.67 Å². The lowest BCUT2D eigenvalue weighted by Crippen LogP contribution is -2.21. The summed E-state index contributed by atoms with van der Waals surface area (Å²) in [5.41, 5.74) is -3.00. The quantitative estimate of drug-likeness (QED) is 0.562. The topological polar surface area (TPSA) is 22.1 Å². The van der Waals surface area contributed by atoms with E-state index in [2.05, 4.69) is 9.72 Å². The van der Waals surface area contributed by atoms with Gasteiger partial charge in [0.05, 0.1) is 9.13 Å². The maximum atomic E-state index is 12.5. The molecule has 0 N–H and O–H groups in total. The van der Waals surface area contributed by atoms with Gasteiger partial charge < -0.3 is 4.74 Å². The summed E-state index contributed by atoms with van der Waals surface area (Å²) in [6.07, 6.45) is -9.74. The van der Waals surface area contributed by atoms with Crippen LogP contribution in [-0.4, -0.2) is 11.3 Å². The molecule has 18 heavy (non-hydrogen) atoms. The molecular formula is C8H3F7INO. The van der Waals surface area contributed by atoms with Crippen molar-refractivity contribution in [3.8, 4) is 5.75 Å². The zero-order valence-electron chi connectivity index (χ0n) is 8.16. The van der Waals surface area contributed by atoms with E-state index in [1.807, 2.05) is 0 Å². The van der Waals surface area contributed by atoms with Gasteiger partial charge in [0.25, 0.3) is 0 Å². The van der Waals surface area contributed by atoms with Crippen molar-refractivity contribution in [3.05, 3.63) is 21.0 Å². The first kappa shape index (κ1) is 15.2. The third kappa shape index (κ3) is 3.59. The number of ether oxygens (including phenoxy) is 1. The molecule has 0 amide bonds. The van der Waals surface area contributed by atoms with Crippen molar-refractivity contribution in [2.75, 3.05) is 0 Å². The molecule has 0 saturated heterocycles. The monoisotopic (exact) mass is 389 g/mol. The van der Waals surface area contributed by atoms with Crippen molar-refractivity contribution in [1.29, 1.82) is 0 Å². The fraction of sp³-hybridized carbons (Fsp3) is 0.375. The molecule has 0 radical (unpaired) electrons. The van der Waals surface area contributed by atoms with Gasteiger partial charge in [0.15, 0.2) is 11.4 Å². The predicted octanol–water partition coefficient (Wildman–Crippen LogP) is 4.07. The average Bonchev–Trinajstić information content (AvgIpc) is 2.17. The van der Waals surface area contributed by atoms with Crippen LogP contribution in [0, 0.1) is 3.57 Å². The van der Waals surface area contributed by atoms with Crippen molar-refractivity contribution in [2.45, 2.75) is 19.2 Å². The van der Waals surface area contributed by atoms with Crippen LogP contribution in [0.15, 0.2) is 6.20 Å². The molecule has 102 valence electrons. The van der Waals surface area contributed by atoms with Gasteiger partial charge in [0, 0.05) is 6.20 Å². The van der Waals surface area contributed by atoms with Crippen molar-refractivity contribution in [2.24, 2.45) is 0 Å². The molecule has 0 bridgehead atoms. The second kappa shape index (κ2) is 5.05. The van der Waals surface area contributed by atoms with Crippen molar-refractivity contribution < 1.29 is 35.5 Å². The minimum Gasteiger partial charge on any atom is -0.404 e. The van der Waals surface area contributed by atoms with Crippen molar-refractivity contribution in [1.82, 2.24) is 4.98 Å². The number of pyridine rings is 1. The minimum atomic E-state index is -5.21. The fourth-order valence-corrected chi connectivity index (χ4v) is 1.68. The summed E-state index contributed by atoms with van der Waals surface area (Å²) in [5.74, 6) is -1.21. The maximum Gasteiger partial charge on any atom is 0.573 e. The summed E-state index contributed by atoms with van der Waals surface area (Å²) >= 11 is 1.27. The van der Waals surface area contributed by atoms with Crippen LogP contribution in [0.5, 0.6) is 5.75 Å². The molecule has 1 aromatic rings. The highest BCUT2D eigenvalue weighted by Gasteiger charge is 2.40. The third-order valence-corrected chi connectivity index (χ3v) is 2.47. The van der Waals surface area contributed by atoms with Gasteiger partial charge in [-0.2, -0.15) is 13.2 Å². The van der Waals surface area contributed by atoms with E-state index in [1.54, 1.807) is 0 Å². The standard InChI is InChI=1S/C8H3F7INO/c9-1-3-5(18-8(13,14)15)4(16)2-17-6(3)7(10,11)12/h2H,1H2. The first-order valence-electron chi connectivity index (χ1n) is 4.12. The van der Waals surface area contributed by atoms with Crippen LogP contribution in [0.4, 0.5) is 30.7 Å². The Morgan fingerprint density at radius 2 is 1.72 bits per heavy atom. The Kier molecular flexibility index (Phi) is 4.28. The summed E-state index contributed by atoms with van der Waals surface area (Å²) < 4.78 is 88.9. The van der Waals surface area contributed by atoms with Crippen LogP contribution >= 0.6 is 22.6 Å². The van der Waals surface area contributed by atoms with Gasteiger partial charge in [-0.05, 0) is 22.6 Å². The lowest BCUT2D eigenvalue weighted by Gasteiger charge is -2.16. The number of nitrogens with zero attached hydrogens (tertiary/aromatic N) is 1. The highest BCUT2D eigenvalue weighted by atomic mass is 127. The zero-order valence-corrected chi connectivity index (χ0v) is 10.3. The van der Waals surface area contributed by atoms with E-state index in [0.717, 1.165) is 0 Å². The zero-order chi connectivity index (χ0) is 14.1. The maximum absolute atomic E-state index is 12.5. The number of aromatic nitrogens is 1. The molecule has 0 aliphatic rings. The first-order valence-corrected chi connectivity index (χ1v) is 5.20. The highest BCUT2D eigenvalue weighted by Crippen LogP contribution is 2.39. The Morgan fingerprint density at radius 1 is 1.17 bits per heavy atom. The van der Waals surface area contributed by atoms with E-state index in [0.29, 0.717) is 6.20 Å². The molecule has 0 unspecified atom stereocenters. The predicted molar refractivity (Wildman–Crippen MR) is 53.5 cm³/mol. The molecule has 0 atom stereocenters. The third-order valence-electron chi connectivity index (χ3n) is 1.70. The van der Waals surface area contributed by atoms with Gasteiger partial charge in [-0.15, -0.1) is 13.2 Å². The number of hydrogen-bond donors (Lipinski definition) is 0. The second-order valence-electron chi connectivity index (χ2n) is 2.94. The lowest BCUT2D eigenvalue weighted by molar-refractivity contribution is -0.275. The molecule has 0 aliphatic heterocycles. The highest BCUT2D eigenvalue weighted by molar-refractivity contribution is 14.1. The minimum absolute atomic E-state index is 0.370. The van der Waals surface area contributed by atoms with Crippen LogP contribution < -0.4 is 4.74 Å². The number of rotatable bonds is 2. The summed E-state index contributed by atoms with van der Waals surface area (Å²) in [4.78, 5) is 2.89. The Bertz CT molecular complexity index is 442. The Labute approximate surface area is 109 Å². The molecule has 2 nitrogen and oxygen atoms in total. The summed E-state index contributed by atoms with van der Waals surface area (Å²) in [6.45, 7) is -1.77. The SMILES string of the molecule is FCc1c(C(F)(F)F)ncc(I)c1OC(F)(F)F. The molecule has 1 heterocycles. The van der Waals surface area contributed by atoms with Crippen molar-refractivity contribution >= 4 is 22.6 Å². The van der Waals surface area contributed by atoms with E-state index >= 15 is 0 Å². The molecule has 10 heteroatoms. The van der Waals surface area contributed by atoms with Gasteiger partial charge >= 0.3 is 12.5 Å². The molecule has 0 saturated carbocycles. The first-order chi connectivity index (χ1) is 8.06. The van der Waals surface area contributed by atoms with Gasteiger partial charge in [-0.3, -0.25) is 4.98 Å². The average molecular weight is 389 g/mol. The van der Waals surface area contributed by atoms with Gasteiger partial charge in [-0.25, -0.2) is 4.39 Å². The molecule has 0 fully saturated rings. The van der Waals surface area contributed by atoms with Crippen molar-refractivity contribution in [3.63, 3.8) is 0 Å². The van der Waals surface area contributed by atoms with Gasteiger partial charge in [-0.1, -0.05) is 0 Å². The molecule has 0 spiro atoms. The van der Waals surface area contributed by atoms with Crippen LogP contribution in [0.3, 0.4) is 0 Å². The molecule has 0 aliphatic carbocycles. The molecule has 1 rings (SSSR count). The number of halogens is 8. The van der Waals surface area contributed by atoms with E-state index < -0.39 is 36.2 Å². The summed E-state index contributed by atoms with van der Waals surface area (Å²) in [7, 11) is 0. The fourth-order valence-electron chi connectivity index (χ4n) is 1.10. The summed E-state index contributed by atoms with van der Waals surface area (Å²) in [5, 5.41) is 0. The van der Waals surface area contributed by atoms with E-state index in [-0.39, 0.29) is 3.57 Å². The van der Waals surface area contributed by atoms with E-state index in [4.69, 9.17) is 0 Å². The largest absolute Gasteiger partial charge is 0.573 e. The summed E-state index contributed by atoms with van der Waals surface area (Å²) in [6, 6.07) is 0. The smallest absolute Gasteiger partial charge is 0.404 e.